The van der Waals surface area contributed by atoms with Gasteiger partial charge in [-0.15, -0.1) is 0 Å². The first kappa shape index (κ1) is 18.1. The molecule has 2 aliphatic rings. The first-order valence-corrected chi connectivity index (χ1v) is 10.4. The second kappa shape index (κ2) is 8.63. The second-order valence-corrected chi connectivity index (χ2v) is 7.70. The van der Waals surface area contributed by atoms with Crippen LogP contribution in [0.4, 0.5) is 0 Å². The van der Waals surface area contributed by atoms with Crippen molar-refractivity contribution in [2.45, 2.75) is 63.8 Å². The van der Waals surface area contributed by atoms with E-state index in [1.54, 1.807) is 0 Å². The molecule has 2 fully saturated rings. The van der Waals surface area contributed by atoms with Gasteiger partial charge in [0.25, 0.3) is 0 Å². The Morgan fingerprint density at radius 3 is 2.58 bits per heavy atom. The van der Waals surface area contributed by atoms with E-state index in [9.17, 15) is 4.79 Å². The number of alkyl halides is 1. The number of hydroxylamine groups is 2. The zero-order valence-corrected chi connectivity index (χ0v) is 16.4. The first-order chi connectivity index (χ1) is 11.7. The minimum atomic E-state index is -0.208. The molecule has 1 aliphatic carbocycles. The normalized spacial score (nSPS) is 28.8. The maximum Gasteiger partial charge on any atom is 0.303 e. The van der Waals surface area contributed by atoms with Crippen LogP contribution in [-0.4, -0.2) is 33.7 Å². The third-order valence-electron chi connectivity index (χ3n) is 5.07. The van der Waals surface area contributed by atoms with Gasteiger partial charge in [0.1, 0.15) is 12.2 Å². The third kappa shape index (κ3) is 4.29. The van der Waals surface area contributed by atoms with E-state index < -0.39 is 0 Å². The first-order valence-electron chi connectivity index (χ1n) is 8.89. The second-order valence-electron chi connectivity index (χ2n) is 6.82. The smallest absolute Gasteiger partial charge is 0.303 e. The monoisotopic (exact) mass is 443 g/mol. The number of carbonyl (C=O) groups is 1. The average molecular weight is 443 g/mol. The maximum atomic E-state index is 11.7. The summed E-state index contributed by atoms with van der Waals surface area (Å²) >= 11 is 2.33. The van der Waals surface area contributed by atoms with E-state index in [2.05, 4.69) is 51.9 Å². The van der Waals surface area contributed by atoms with Crippen LogP contribution in [-0.2, 0) is 20.9 Å². The number of nitrogens with zero attached hydrogens (tertiary/aromatic N) is 1. The SMILES string of the molecule is CC(=O)O[C@@H]1[C@@H](C2CCCCC2)N(Cc2ccccc2)O[C@@H]1CI. The van der Waals surface area contributed by atoms with Gasteiger partial charge >= 0.3 is 5.97 Å². The summed E-state index contributed by atoms with van der Waals surface area (Å²) in [6.07, 6.45) is 6.04. The molecule has 1 saturated heterocycles. The molecule has 3 rings (SSSR count). The maximum absolute atomic E-state index is 11.7. The lowest BCUT2D eigenvalue weighted by Crippen LogP contribution is -2.44. The lowest BCUT2D eigenvalue weighted by Gasteiger charge is -2.34. The summed E-state index contributed by atoms with van der Waals surface area (Å²) in [7, 11) is 0. The molecule has 0 N–H and O–H groups in total. The van der Waals surface area contributed by atoms with E-state index in [0.717, 1.165) is 11.0 Å². The van der Waals surface area contributed by atoms with Crippen molar-refractivity contribution in [3.63, 3.8) is 0 Å². The molecule has 0 aromatic heterocycles. The average Bonchev–Trinajstić information content (AvgIpc) is 2.93. The van der Waals surface area contributed by atoms with Crippen molar-refractivity contribution >= 4 is 28.6 Å². The Bertz CT molecular complexity index is 533. The quantitative estimate of drug-likeness (QED) is 0.390. The van der Waals surface area contributed by atoms with Gasteiger partial charge in [0.15, 0.2) is 0 Å². The lowest BCUT2D eigenvalue weighted by atomic mass is 9.81. The molecule has 1 aromatic carbocycles. The number of rotatable bonds is 5. The lowest BCUT2D eigenvalue weighted by molar-refractivity contribution is -0.172. The van der Waals surface area contributed by atoms with Gasteiger partial charge < -0.3 is 4.74 Å². The largest absolute Gasteiger partial charge is 0.458 e. The van der Waals surface area contributed by atoms with Crippen molar-refractivity contribution in [3.05, 3.63) is 35.9 Å². The van der Waals surface area contributed by atoms with Crippen molar-refractivity contribution in [3.8, 4) is 0 Å². The number of hydrogen-bond donors (Lipinski definition) is 0. The fraction of sp³-hybridized carbons (Fsp3) is 0.632. The molecule has 132 valence electrons. The molecule has 5 heteroatoms. The number of hydrogen-bond acceptors (Lipinski definition) is 4. The highest BCUT2D eigenvalue weighted by Gasteiger charge is 2.48. The Kier molecular flexibility index (Phi) is 6.52. The molecule has 24 heavy (non-hydrogen) atoms. The van der Waals surface area contributed by atoms with E-state index in [1.807, 2.05) is 6.07 Å². The van der Waals surface area contributed by atoms with Crippen molar-refractivity contribution in [2.75, 3.05) is 4.43 Å². The van der Waals surface area contributed by atoms with Crippen LogP contribution in [0.5, 0.6) is 0 Å². The predicted octanol–water partition coefficient (Wildman–Crippen LogP) is 4.12. The summed E-state index contributed by atoms with van der Waals surface area (Å²) in [4.78, 5) is 17.9. The number of ether oxygens (including phenoxy) is 1. The standard InChI is InChI=1S/C19H26INO3/c1-14(22)23-19-17(12-20)24-21(13-15-8-4-2-5-9-15)18(19)16-10-6-3-7-11-16/h2,4-5,8-9,16-19H,3,6-7,10-13H2,1H3/t17-,18-,19+/m1/s1. The van der Waals surface area contributed by atoms with Gasteiger partial charge in [0.05, 0.1) is 6.04 Å². The molecule has 1 saturated carbocycles. The molecule has 3 atom stereocenters. The van der Waals surface area contributed by atoms with Gasteiger partial charge in [0.2, 0.25) is 0 Å². The van der Waals surface area contributed by atoms with Crippen LogP contribution in [0, 0.1) is 5.92 Å². The molecular weight excluding hydrogens is 417 g/mol. The highest BCUT2D eigenvalue weighted by atomic mass is 127. The third-order valence-corrected chi connectivity index (χ3v) is 5.94. The summed E-state index contributed by atoms with van der Waals surface area (Å²) in [5.41, 5.74) is 1.23. The van der Waals surface area contributed by atoms with Gasteiger partial charge in [-0.3, -0.25) is 9.63 Å². The number of carbonyl (C=O) groups excluding carboxylic acids is 1. The summed E-state index contributed by atoms with van der Waals surface area (Å²) in [6.45, 7) is 2.24. The molecule has 0 radical (unpaired) electrons. The summed E-state index contributed by atoms with van der Waals surface area (Å²) < 4.78 is 6.56. The van der Waals surface area contributed by atoms with Crippen molar-refractivity contribution < 1.29 is 14.4 Å². The topological polar surface area (TPSA) is 38.8 Å². The van der Waals surface area contributed by atoms with Gasteiger partial charge in [-0.25, -0.2) is 0 Å². The molecule has 4 nitrogen and oxygen atoms in total. The van der Waals surface area contributed by atoms with E-state index >= 15 is 0 Å². The molecule has 1 heterocycles. The Hall–Kier alpha value is -0.660. The number of esters is 1. The van der Waals surface area contributed by atoms with Crippen LogP contribution in [0.3, 0.4) is 0 Å². The van der Waals surface area contributed by atoms with E-state index in [0.29, 0.717) is 5.92 Å². The van der Waals surface area contributed by atoms with Gasteiger partial charge in [-0.2, -0.15) is 5.06 Å². The molecule has 0 spiro atoms. The Morgan fingerprint density at radius 1 is 1.25 bits per heavy atom. The highest BCUT2D eigenvalue weighted by Crippen LogP contribution is 2.38. The minimum Gasteiger partial charge on any atom is -0.458 e. The van der Waals surface area contributed by atoms with Crippen molar-refractivity contribution in [1.82, 2.24) is 5.06 Å². The number of benzene rings is 1. The molecule has 1 aliphatic heterocycles. The fourth-order valence-electron chi connectivity index (χ4n) is 4.03. The summed E-state index contributed by atoms with van der Waals surface area (Å²) in [5, 5.41) is 2.10. The molecule has 1 aromatic rings. The molecule has 0 bridgehead atoms. The molecule has 0 unspecified atom stereocenters. The van der Waals surface area contributed by atoms with Crippen LogP contribution in [0.25, 0.3) is 0 Å². The minimum absolute atomic E-state index is 0.0508. The summed E-state index contributed by atoms with van der Waals surface area (Å²) in [5.74, 6) is 0.334. The van der Waals surface area contributed by atoms with E-state index in [4.69, 9.17) is 9.57 Å². The number of halogens is 1. The fourth-order valence-corrected chi connectivity index (χ4v) is 4.69. The molecule has 0 amide bonds. The Labute approximate surface area is 158 Å². The van der Waals surface area contributed by atoms with Gasteiger partial charge in [0, 0.05) is 17.9 Å². The van der Waals surface area contributed by atoms with E-state index in [1.165, 1.54) is 44.6 Å². The zero-order chi connectivity index (χ0) is 16.9. The predicted molar refractivity (Wildman–Crippen MR) is 102 cm³/mol. The van der Waals surface area contributed by atoms with Crippen LogP contribution in [0.2, 0.25) is 0 Å². The van der Waals surface area contributed by atoms with Crippen molar-refractivity contribution in [2.24, 2.45) is 5.92 Å². The highest BCUT2D eigenvalue weighted by molar-refractivity contribution is 14.1. The van der Waals surface area contributed by atoms with Crippen molar-refractivity contribution in [1.29, 1.82) is 0 Å². The van der Waals surface area contributed by atoms with E-state index in [-0.39, 0.29) is 24.2 Å². The molecular formula is C19H26INO3. The summed E-state index contributed by atoms with van der Waals surface area (Å²) in [6, 6.07) is 10.6. The zero-order valence-electron chi connectivity index (χ0n) is 14.2. The van der Waals surface area contributed by atoms with Crippen LogP contribution in [0.1, 0.15) is 44.6 Å². The van der Waals surface area contributed by atoms with Gasteiger partial charge in [-0.1, -0.05) is 72.2 Å². The van der Waals surface area contributed by atoms with Crippen LogP contribution >= 0.6 is 22.6 Å². The Balaban J connectivity index is 1.82. The Morgan fingerprint density at radius 2 is 1.96 bits per heavy atom. The van der Waals surface area contributed by atoms with Crippen LogP contribution < -0.4 is 0 Å². The van der Waals surface area contributed by atoms with Gasteiger partial charge in [-0.05, 0) is 24.3 Å². The van der Waals surface area contributed by atoms with Crippen LogP contribution in [0.15, 0.2) is 30.3 Å².